The number of carboxylic acids is 1. The van der Waals surface area contributed by atoms with Gasteiger partial charge in [0.05, 0.1) is 12.0 Å². The highest BCUT2D eigenvalue weighted by atomic mass is 19.4. The van der Waals surface area contributed by atoms with Gasteiger partial charge in [-0.1, -0.05) is 30.3 Å². The van der Waals surface area contributed by atoms with Crippen LogP contribution in [0, 0.1) is 0 Å². The van der Waals surface area contributed by atoms with Crippen LogP contribution in [-0.2, 0) is 11.3 Å². The van der Waals surface area contributed by atoms with Crippen LogP contribution >= 0.6 is 0 Å². The number of aliphatic carboxylic acids is 1. The van der Waals surface area contributed by atoms with Gasteiger partial charge in [0, 0.05) is 31.0 Å². The maximum Gasteiger partial charge on any atom is 0.490 e. The van der Waals surface area contributed by atoms with Gasteiger partial charge in [0.2, 0.25) is 0 Å². The molecule has 1 aromatic carbocycles. The number of halogens is 3. The van der Waals surface area contributed by atoms with E-state index in [1.165, 1.54) is 0 Å². The highest BCUT2D eigenvalue weighted by molar-refractivity contribution is 5.93. The van der Waals surface area contributed by atoms with Crippen molar-refractivity contribution >= 4 is 11.9 Å². The Hall–Kier alpha value is -3.63. The van der Waals surface area contributed by atoms with Crippen LogP contribution in [0.1, 0.15) is 16.9 Å². The fourth-order valence-electron chi connectivity index (χ4n) is 2.17. The maximum absolute atomic E-state index is 12.0. The van der Waals surface area contributed by atoms with Crippen LogP contribution in [0.15, 0.2) is 55.1 Å². The first-order chi connectivity index (χ1) is 13.8. The molecule has 154 valence electrons. The fourth-order valence-corrected chi connectivity index (χ4v) is 2.17. The Bertz CT molecular complexity index is 908. The number of amides is 1. The van der Waals surface area contributed by atoms with Gasteiger partial charge < -0.3 is 15.0 Å². The predicted octanol–water partition coefficient (Wildman–Crippen LogP) is 2.73. The third-order valence-electron chi connectivity index (χ3n) is 3.57. The first-order valence-corrected chi connectivity index (χ1v) is 8.42. The number of aromatic nitrogens is 4. The summed E-state index contributed by atoms with van der Waals surface area (Å²) in [6.07, 6.45) is 1.18. The molecule has 3 aromatic rings. The standard InChI is InChI=1S/C16H17N5O.C2HF3O2/c22-16(18-7-4-9-21-10-8-17-12-21)15-11-14(19-20-15)13-5-2-1-3-6-13;3-2(4,5)1(6)7/h1-3,5-6,8,10-12H,4,7,9H2,(H,18,22)(H,19,20);(H,6,7). The number of H-pyrrole nitrogens is 1. The average Bonchev–Trinajstić information content (AvgIpc) is 3.37. The predicted molar refractivity (Wildman–Crippen MR) is 96.9 cm³/mol. The van der Waals surface area contributed by atoms with E-state index in [1.807, 2.05) is 41.1 Å². The van der Waals surface area contributed by atoms with E-state index in [0.29, 0.717) is 12.2 Å². The summed E-state index contributed by atoms with van der Waals surface area (Å²) < 4.78 is 33.7. The molecule has 0 aliphatic carbocycles. The molecule has 1 amide bonds. The molecule has 2 heterocycles. The van der Waals surface area contributed by atoms with E-state index < -0.39 is 12.1 Å². The van der Waals surface area contributed by atoms with Crippen molar-refractivity contribution in [1.29, 1.82) is 0 Å². The normalized spacial score (nSPS) is 10.7. The smallest absolute Gasteiger partial charge is 0.475 e. The number of carboxylic acid groups (broad SMARTS) is 1. The number of nitrogens with one attached hydrogen (secondary N) is 2. The number of rotatable bonds is 6. The number of aromatic amines is 1. The van der Waals surface area contributed by atoms with Crippen LogP contribution in [0.3, 0.4) is 0 Å². The fraction of sp³-hybridized carbons (Fsp3) is 0.222. The zero-order valence-corrected chi connectivity index (χ0v) is 15.1. The van der Waals surface area contributed by atoms with Gasteiger partial charge in [-0.05, 0) is 12.5 Å². The van der Waals surface area contributed by atoms with Crippen LogP contribution in [-0.4, -0.2) is 49.5 Å². The van der Waals surface area contributed by atoms with Crippen molar-refractivity contribution in [2.24, 2.45) is 0 Å². The second-order valence-corrected chi connectivity index (χ2v) is 5.75. The molecule has 11 heteroatoms. The quantitative estimate of drug-likeness (QED) is 0.542. The van der Waals surface area contributed by atoms with Crippen molar-refractivity contribution in [2.45, 2.75) is 19.1 Å². The van der Waals surface area contributed by atoms with Crippen molar-refractivity contribution in [1.82, 2.24) is 25.1 Å². The van der Waals surface area contributed by atoms with Crippen molar-refractivity contribution in [3.8, 4) is 11.3 Å². The molecule has 0 bridgehead atoms. The van der Waals surface area contributed by atoms with Crippen LogP contribution in [0.5, 0.6) is 0 Å². The number of benzene rings is 1. The third-order valence-corrected chi connectivity index (χ3v) is 3.57. The lowest BCUT2D eigenvalue weighted by molar-refractivity contribution is -0.192. The van der Waals surface area contributed by atoms with Gasteiger partial charge in [-0.2, -0.15) is 18.3 Å². The van der Waals surface area contributed by atoms with Crippen LogP contribution in [0.25, 0.3) is 11.3 Å². The van der Waals surface area contributed by atoms with Crippen LogP contribution < -0.4 is 5.32 Å². The molecule has 0 saturated heterocycles. The van der Waals surface area contributed by atoms with E-state index in [-0.39, 0.29) is 5.91 Å². The van der Waals surface area contributed by atoms with Crippen molar-refractivity contribution in [2.75, 3.05) is 6.54 Å². The summed E-state index contributed by atoms with van der Waals surface area (Å²) in [5.41, 5.74) is 2.23. The van der Waals surface area contributed by atoms with Gasteiger partial charge in [0.25, 0.3) is 5.91 Å². The summed E-state index contributed by atoms with van der Waals surface area (Å²) >= 11 is 0. The Morgan fingerprint density at radius 1 is 1.21 bits per heavy atom. The monoisotopic (exact) mass is 409 g/mol. The number of hydrogen-bond donors (Lipinski definition) is 3. The molecule has 0 atom stereocenters. The van der Waals surface area contributed by atoms with Gasteiger partial charge >= 0.3 is 12.1 Å². The van der Waals surface area contributed by atoms with E-state index in [9.17, 15) is 18.0 Å². The molecule has 3 N–H and O–H groups in total. The number of imidazole rings is 1. The second kappa shape index (κ2) is 10.1. The number of carbonyl (C=O) groups is 2. The Morgan fingerprint density at radius 3 is 2.48 bits per heavy atom. The number of aryl methyl sites for hydroxylation is 1. The summed E-state index contributed by atoms with van der Waals surface area (Å²) in [4.78, 5) is 24.9. The molecule has 0 spiro atoms. The molecule has 8 nitrogen and oxygen atoms in total. The Morgan fingerprint density at radius 2 is 1.90 bits per heavy atom. The lowest BCUT2D eigenvalue weighted by Gasteiger charge is -2.04. The SMILES string of the molecule is O=C(NCCCn1ccnc1)c1cc(-c2ccccc2)n[nH]1.O=C(O)C(F)(F)F. The van der Waals surface area contributed by atoms with Crippen LogP contribution in [0.4, 0.5) is 13.2 Å². The first kappa shape index (κ1) is 21.7. The van der Waals surface area contributed by atoms with E-state index in [4.69, 9.17) is 9.90 Å². The Balaban J connectivity index is 0.000000370. The molecule has 0 aliphatic rings. The van der Waals surface area contributed by atoms with E-state index in [0.717, 1.165) is 24.2 Å². The Labute approximate surface area is 163 Å². The molecule has 0 unspecified atom stereocenters. The maximum atomic E-state index is 12.0. The average molecular weight is 409 g/mol. The number of alkyl halides is 3. The van der Waals surface area contributed by atoms with Gasteiger partial charge in [-0.25, -0.2) is 9.78 Å². The van der Waals surface area contributed by atoms with Crippen molar-refractivity contribution < 1.29 is 27.9 Å². The van der Waals surface area contributed by atoms with Crippen LogP contribution in [0.2, 0.25) is 0 Å². The second-order valence-electron chi connectivity index (χ2n) is 5.75. The van der Waals surface area contributed by atoms with Crippen molar-refractivity contribution in [3.63, 3.8) is 0 Å². The summed E-state index contributed by atoms with van der Waals surface area (Å²) in [6.45, 7) is 1.44. The van der Waals surface area contributed by atoms with Gasteiger partial charge in [0.15, 0.2) is 0 Å². The van der Waals surface area contributed by atoms with Gasteiger partial charge in [-0.15, -0.1) is 0 Å². The van der Waals surface area contributed by atoms with E-state index in [2.05, 4.69) is 20.5 Å². The van der Waals surface area contributed by atoms with E-state index >= 15 is 0 Å². The molecule has 2 aromatic heterocycles. The van der Waals surface area contributed by atoms with E-state index in [1.54, 1.807) is 18.6 Å². The van der Waals surface area contributed by atoms with Gasteiger partial charge in [0.1, 0.15) is 5.69 Å². The van der Waals surface area contributed by atoms with Gasteiger partial charge in [-0.3, -0.25) is 9.89 Å². The largest absolute Gasteiger partial charge is 0.490 e. The lowest BCUT2D eigenvalue weighted by atomic mass is 10.1. The molecular weight excluding hydrogens is 391 g/mol. The zero-order valence-electron chi connectivity index (χ0n) is 15.1. The van der Waals surface area contributed by atoms with Crippen molar-refractivity contribution in [3.05, 3.63) is 60.8 Å². The minimum Gasteiger partial charge on any atom is -0.475 e. The summed E-state index contributed by atoms with van der Waals surface area (Å²) in [5.74, 6) is -2.90. The molecular formula is C18H18F3N5O3. The Kier molecular flexibility index (Phi) is 7.52. The minimum atomic E-state index is -5.08. The molecule has 0 radical (unpaired) electrons. The lowest BCUT2D eigenvalue weighted by Crippen LogP contribution is -2.25. The molecule has 0 aliphatic heterocycles. The number of hydrogen-bond acceptors (Lipinski definition) is 4. The summed E-state index contributed by atoms with van der Waals surface area (Å²) in [7, 11) is 0. The molecule has 0 saturated carbocycles. The molecule has 0 fully saturated rings. The molecule has 29 heavy (non-hydrogen) atoms. The summed E-state index contributed by atoms with van der Waals surface area (Å²) in [5, 5.41) is 17.0. The zero-order chi connectivity index (χ0) is 21.3. The third kappa shape index (κ3) is 7.13. The first-order valence-electron chi connectivity index (χ1n) is 8.42. The summed E-state index contributed by atoms with van der Waals surface area (Å²) in [6, 6.07) is 11.5. The minimum absolute atomic E-state index is 0.139. The number of carbonyl (C=O) groups excluding carboxylic acids is 1. The molecule has 3 rings (SSSR count). The topological polar surface area (TPSA) is 113 Å². The number of nitrogens with zero attached hydrogens (tertiary/aromatic N) is 3. The highest BCUT2D eigenvalue weighted by Crippen LogP contribution is 2.16. The highest BCUT2D eigenvalue weighted by Gasteiger charge is 2.38.